The summed E-state index contributed by atoms with van der Waals surface area (Å²) in [5.74, 6) is 1.55. The Morgan fingerprint density at radius 2 is 2.09 bits per heavy atom. The summed E-state index contributed by atoms with van der Waals surface area (Å²) in [7, 11) is 1.67. The number of hydrogen-bond donors (Lipinski definition) is 2. The van der Waals surface area contributed by atoms with E-state index in [1.165, 1.54) is 12.8 Å². The van der Waals surface area contributed by atoms with Crippen molar-refractivity contribution in [2.45, 2.75) is 43.1 Å². The average Bonchev–Trinajstić information content (AvgIpc) is 3.56. The van der Waals surface area contributed by atoms with Crippen LogP contribution in [0.3, 0.4) is 0 Å². The predicted molar refractivity (Wildman–Crippen MR) is 126 cm³/mol. The Kier molecular flexibility index (Phi) is 4.58. The van der Waals surface area contributed by atoms with Crippen molar-refractivity contribution in [2.24, 2.45) is 5.92 Å². The minimum atomic E-state index is -0.973. The number of nitro groups is 1. The topological polar surface area (TPSA) is 91.6 Å². The lowest BCUT2D eigenvalue weighted by Crippen LogP contribution is -2.66. The summed E-state index contributed by atoms with van der Waals surface area (Å²) >= 11 is 0. The fraction of sp³-hybridized carbons (Fsp3) is 0.462. The van der Waals surface area contributed by atoms with Gasteiger partial charge < -0.3 is 19.7 Å². The van der Waals surface area contributed by atoms with E-state index in [1.54, 1.807) is 25.3 Å². The van der Waals surface area contributed by atoms with Gasteiger partial charge in [0.2, 0.25) is 0 Å². The van der Waals surface area contributed by atoms with Crippen molar-refractivity contribution in [3.8, 4) is 5.75 Å². The third-order valence-corrected chi connectivity index (χ3v) is 8.20. The Morgan fingerprint density at radius 3 is 2.85 bits per heavy atom. The summed E-state index contributed by atoms with van der Waals surface area (Å²) in [6.45, 7) is 2.61. The zero-order valence-corrected chi connectivity index (χ0v) is 18.8. The summed E-state index contributed by atoms with van der Waals surface area (Å²) in [5, 5.41) is 24.7. The van der Waals surface area contributed by atoms with Crippen molar-refractivity contribution in [1.29, 1.82) is 0 Å². The second-order valence-electron chi connectivity index (χ2n) is 10.2. The van der Waals surface area contributed by atoms with Crippen LogP contribution < -0.4 is 4.74 Å². The second-order valence-corrected chi connectivity index (χ2v) is 10.2. The molecule has 2 heterocycles. The predicted octanol–water partition coefficient (Wildman–Crippen LogP) is 3.97. The minimum absolute atomic E-state index is 0.0833. The van der Waals surface area contributed by atoms with Crippen molar-refractivity contribution in [2.75, 3.05) is 26.7 Å². The maximum Gasteiger partial charge on any atom is 0.270 e. The van der Waals surface area contributed by atoms with Crippen LogP contribution in [0.5, 0.6) is 5.75 Å². The first-order valence-corrected chi connectivity index (χ1v) is 11.8. The molecule has 0 amide bonds. The largest absolute Gasteiger partial charge is 0.497 e. The van der Waals surface area contributed by atoms with Gasteiger partial charge in [-0.25, -0.2) is 0 Å². The molecule has 7 heteroatoms. The molecule has 3 aromatic rings. The lowest BCUT2D eigenvalue weighted by Gasteiger charge is -2.56. The Hall–Kier alpha value is -2.90. The molecule has 33 heavy (non-hydrogen) atoms. The average molecular weight is 448 g/mol. The van der Waals surface area contributed by atoms with Crippen LogP contribution in [-0.4, -0.2) is 52.3 Å². The number of aliphatic hydroxyl groups is 1. The number of likely N-dealkylation sites (tertiary alicyclic amines) is 1. The molecule has 1 saturated carbocycles. The number of nitro benzene ring substituents is 1. The highest BCUT2D eigenvalue weighted by atomic mass is 16.6. The third-order valence-electron chi connectivity index (χ3n) is 8.20. The number of rotatable bonds is 5. The number of fused-ring (bicyclic) bond motifs is 4. The molecule has 2 aromatic carbocycles. The first-order chi connectivity index (χ1) is 15.9. The van der Waals surface area contributed by atoms with Gasteiger partial charge >= 0.3 is 0 Å². The van der Waals surface area contributed by atoms with E-state index in [0.717, 1.165) is 58.9 Å². The molecule has 2 N–H and O–H groups in total. The normalized spacial score (nSPS) is 27.2. The minimum Gasteiger partial charge on any atom is -0.497 e. The monoisotopic (exact) mass is 447 g/mol. The number of nitrogens with one attached hydrogen (secondary N) is 1. The Bertz CT molecular complexity index is 1250. The van der Waals surface area contributed by atoms with Gasteiger partial charge in [0, 0.05) is 60.1 Å². The maximum atomic E-state index is 12.4. The van der Waals surface area contributed by atoms with Gasteiger partial charge in [-0.2, -0.15) is 0 Å². The number of piperidine rings is 1. The Labute approximate surface area is 192 Å². The van der Waals surface area contributed by atoms with Crippen molar-refractivity contribution in [1.82, 2.24) is 9.88 Å². The van der Waals surface area contributed by atoms with Crippen LogP contribution in [0.2, 0.25) is 0 Å². The highest BCUT2D eigenvalue weighted by molar-refractivity contribution is 5.87. The molecular formula is C26H29N3O4. The van der Waals surface area contributed by atoms with E-state index in [4.69, 9.17) is 4.74 Å². The van der Waals surface area contributed by atoms with Crippen molar-refractivity contribution >= 4 is 16.6 Å². The van der Waals surface area contributed by atoms with Crippen LogP contribution in [0.1, 0.15) is 36.1 Å². The van der Waals surface area contributed by atoms with Gasteiger partial charge in [-0.3, -0.25) is 10.1 Å². The summed E-state index contributed by atoms with van der Waals surface area (Å²) < 4.78 is 5.53. The van der Waals surface area contributed by atoms with E-state index >= 15 is 0 Å². The lowest BCUT2D eigenvalue weighted by molar-refractivity contribution is -0.384. The number of aromatic amines is 1. The lowest BCUT2D eigenvalue weighted by atomic mass is 9.56. The standard InChI is InChI=1S/C26H29N3O4/c1-33-20-4-2-3-18(11-20)25-9-10-28(15-17-5-6-17)16-26(25,30)13-22-21-12-19(29(31)32)7-8-23(21)27-24(22)14-25/h2-4,7-8,11-12,17,27,30H,5-6,9-10,13-16H2,1H3/t25-,26-/m0/s1. The number of ether oxygens (including phenoxy) is 1. The van der Waals surface area contributed by atoms with Gasteiger partial charge in [-0.1, -0.05) is 12.1 Å². The van der Waals surface area contributed by atoms with Crippen molar-refractivity contribution in [3.63, 3.8) is 0 Å². The summed E-state index contributed by atoms with van der Waals surface area (Å²) in [4.78, 5) is 17.0. The van der Waals surface area contributed by atoms with E-state index in [2.05, 4.69) is 22.0 Å². The van der Waals surface area contributed by atoms with Crippen LogP contribution in [0.25, 0.3) is 10.9 Å². The molecule has 0 radical (unpaired) electrons. The molecule has 0 spiro atoms. The maximum absolute atomic E-state index is 12.4. The zero-order chi connectivity index (χ0) is 22.8. The number of H-pyrrole nitrogens is 1. The zero-order valence-electron chi connectivity index (χ0n) is 18.8. The molecule has 2 aliphatic carbocycles. The number of benzene rings is 2. The van der Waals surface area contributed by atoms with Crippen LogP contribution in [0.15, 0.2) is 42.5 Å². The molecule has 2 fully saturated rings. The van der Waals surface area contributed by atoms with Crippen LogP contribution in [-0.2, 0) is 18.3 Å². The molecule has 0 bridgehead atoms. The van der Waals surface area contributed by atoms with Crippen LogP contribution in [0.4, 0.5) is 5.69 Å². The molecule has 6 rings (SSSR count). The summed E-state index contributed by atoms with van der Waals surface area (Å²) in [6, 6.07) is 13.1. The SMILES string of the molecule is COc1cccc([C@@]23CCN(CC4CC4)C[C@@]2(O)Cc2c([nH]c4ccc([N+](=O)[O-])cc24)C3)c1. The number of β-amino-alcohol motifs (C(OH)–C–C–N with tert-alkyl or cyclic N) is 1. The number of non-ortho nitro benzene ring substituents is 1. The number of aromatic nitrogens is 1. The molecule has 0 unspecified atom stereocenters. The Morgan fingerprint density at radius 1 is 1.24 bits per heavy atom. The van der Waals surface area contributed by atoms with Crippen LogP contribution >= 0.6 is 0 Å². The highest BCUT2D eigenvalue weighted by Crippen LogP contribution is 2.52. The molecular weight excluding hydrogens is 418 g/mol. The first-order valence-electron chi connectivity index (χ1n) is 11.8. The quantitative estimate of drug-likeness (QED) is 0.456. The first kappa shape index (κ1) is 20.7. The molecule has 1 aromatic heterocycles. The van der Waals surface area contributed by atoms with E-state index in [1.807, 2.05) is 12.1 Å². The molecule has 1 saturated heterocycles. The van der Waals surface area contributed by atoms with E-state index in [0.29, 0.717) is 19.4 Å². The molecule has 1 aliphatic heterocycles. The molecule has 2 atom stereocenters. The highest BCUT2D eigenvalue weighted by Gasteiger charge is 2.58. The van der Waals surface area contributed by atoms with Gasteiger partial charge in [0.15, 0.2) is 0 Å². The summed E-state index contributed by atoms with van der Waals surface area (Å²) in [5.41, 5.74) is 2.76. The fourth-order valence-corrected chi connectivity index (χ4v) is 6.27. The van der Waals surface area contributed by atoms with Crippen LogP contribution in [0, 0.1) is 16.0 Å². The smallest absolute Gasteiger partial charge is 0.270 e. The van der Waals surface area contributed by atoms with E-state index in [-0.39, 0.29) is 10.6 Å². The van der Waals surface area contributed by atoms with Gasteiger partial charge in [-0.05, 0) is 61.1 Å². The molecule has 172 valence electrons. The van der Waals surface area contributed by atoms with E-state index < -0.39 is 11.0 Å². The third kappa shape index (κ3) is 3.25. The van der Waals surface area contributed by atoms with Gasteiger partial charge in [-0.15, -0.1) is 0 Å². The number of hydrogen-bond acceptors (Lipinski definition) is 5. The fourth-order valence-electron chi connectivity index (χ4n) is 6.27. The van der Waals surface area contributed by atoms with Crippen molar-refractivity contribution < 1.29 is 14.8 Å². The van der Waals surface area contributed by atoms with Gasteiger partial charge in [0.05, 0.1) is 17.6 Å². The number of nitrogens with zero attached hydrogens (tertiary/aromatic N) is 2. The second kappa shape index (κ2) is 7.30. The van der Waals surface area contributed by atoms with Crippen molar-refractivity contribution in [3.05, 3.63) is 69.4 Å². The molecule has 7 nitrogen and oxygen atoms in total. The number of methoxy groups -OCH3 is 1. The summed E-state index contributed by atoms with van der Waals surface area (Å²) in [6.07, 6.45) is 4.57. The molecule has 3 aliphatic rings. The Balaban J connectivity index is 1.49. The van der Waals surface area contributed by atoms with E-state index in [9.17, 15) is 15.2 Å². The van der Waals surface area contributed by atoms with Gasteiger partial charge in [0.1, 0.15) is 5.75 Å². The van der Waals surface area contributed by atoms with Gasteiger partial charge in [0.25, 0.3) is 5.69 Å².